The van der Waals surface area contributed by atoms with Crippen molar-refractivity contribution in [1.29, 1.82) is 0 Å². The number of aromatic nitrogens is 1. The molecule has 1 saturated carbocycles. The van der Waals surface area contributed by atoms with Gasteiger partial charge >= 0.3 is 5.97 Å². The average Bonchev–Trinajstić information content (AvgIpc) is 3.77. The lowest BCUT2D eigenvalue weighted by Gasteiger charge is -2.24. The second-order valence-electron chi connectivity index (χ2n) is 14.2. The van der Waals surface area contributed by atoms with Gasteiger partial charge in [-0.2, -0.15) is 11.8 Å². The molecule has 1 aromatic heterocycles. The van der Waals surface area contributed by atoms with Gasteiger partial charge in [-0.05, 0) is 91.5 Å². The molecule has 3 N–H and O–H groups in total. The van der Waals surface area contributed by atoms with Gasteiger partial charge in [-0.3, -0.25) is 4.79 Å². The molecule has 0 radical (unpaired) electrons. The summed E-state index contributed by atoms with van der Waals surface area (Å²) in [6.07, 6.45) is 8.02. The Morgan fingerprint density at radius 3 is 2.33 bits per heavy atom. The summed E-state index contributed by atoms with van der Waals surface area (Å²) in [4.78, 5) is 16.2. The van der Waals surface area contributed by atoms with Gasteiger partial charge in [0.15, 0.2) is 0 Å². The highest BCUT2D eigenvalue weighted by atomic mass is 35.5. The predicted molar refractivity (Wildman–Crippen MR) is 205 cm³/mol. The number of hydrogen-bond donors (Lipinski definition) is 3. The molecule has 48 heavy (non-hydrogen) atoms. The fraction of sp³-hybridized carbons (Fsp3) is 0.415. The summed E-state index contributed by atoms with van der Waals surface area (Å²) in [6, 6.07) is 27.7. The van der Waals surface area contributed by atoms with Crippen LogP contribution in [0.15, 0.2) is 78.9 Å². The van der Waals surface area contributed by atoms with E-state index in [1.807, 2.05) is 74.1 Å². The van der Waals surface area contributed by atoms with Crippen molar-refractivity contribution < 1.29 is 15.0 Å². The lowest BCUT2D eigenvalue weighted by molar-refractivity contribution is -0.138. The highest BCUT2D eigenvalue weighted by Crippen LogP contribution is 2.53. The molecule has 1 heterocycles. The molecule has 5 nitrogen and oxygen atoms in total. The van der Waals surface area contributed by atoms with Gasteiger partial charge in [-0.25, -0.2) is 4.98 Å². The highest BCUT2D eigenvalue weighted by molar-refractivity contribution is 7.99. The van der Waals surface area contributed by atoms with E-state index < -0.39 is 11.6 Å². The van der Waals surface area contributed by atoms with E-state index in [0.29, 0.717) is 17.1 Å². The van der Waals surface area contributed by atoms with Crippen molar-refractivity contribution in [2.75, 3.05) is 5.75 Å². The highest BCUT2D eigenvalue weighted by Gasteiger charge is 2.44. The van der Waals surface area contributed by atoms with E-state index in [-0.39, 0.29) is 17.1 Å². The number of pyridine rings is 1. The van der Waals surface area contributed by atoms with Crippen LogP contribution in [0.4, 0.5) is 0 Å². The quantitative estimate of drug-likeness (QED) is 0.122. The van der Waals surface area contributed by atoms with Gasteiger partial charge in [-0.15, -0.1) is 0 Å². The van der Waals surface area contributed by atoms with Gasteiger partial charge < -0.3 is 15.5 Å². The first-order valence-corrected chi connectivity index (χ1v) is 18.4. The number of benzene rings is 3. The van der Waals surface area contributed by atoms with E-state index in [9.17, 15) is 15.0 Å². The molecular formula is C41H51ClN2O3S. The molecule has 4 aromatic rings. The number of fused-ring (bicyclic) bond motifs is 1. The zero-order chi connectivity index (χ0) is 34.9. The van der Waals surface area contributed by atoms with Gasteiger partial charge in [-0.1, -0.05) is 106 Å². The fourth-order valence-electron chi connectivity index (χ4n) is 6.03. The van der Waals surface area contributed by atoms with Gasteiger partial charge in [0, 0.05) is 33.5 Å². The Labute approximate surface area is 296 Å². The van der Waals surface area contributed by atoms with Crippen LogP contribution < -0.4 is 5.32 Å². The number of carboxylic acids is 1. The first-order chi connectivity index (χ1) is 22.7. The number of nitrogens with one attached hydrogen (secondary N) is 1. The van der Waals surface area contributed by atoms with Crippen molar-refractivity contribution in [2.45, 2.75) is 96.6 Å². The third-order valence-electron chi connectivity index (χ3n) is 8.50. The minimum Gasteiger partial charge on any atom is -0.481 e. The molecule has 0 bridgehead atoms. The maximum atomic E-state index is 11.5. The number of thioether (sulfide) groups is 1. The average molecular weight is 687 g/mol. The summed E-state index contributed by atoms with van der Waals surface area (Å²) in [6.45, 7) is 12.3. The van der Waals surface area contributed by atoms with Crippen LogP contribution >= 0.6 is 23.4 Å². The maximum Gasteiger partial charge on any atom is 0.303 e. The fourth-order valence-corrected chi connectivity index (χ4v) is 7.76. The topological polar surface area (TPSA) is 82.5 Å². The summed E-state index contributed by atoms with van der Waals surface area (Å²) in [7, 11) is 0. The van der Waals surface area contributed by atoms with Crippen molar-refractivity contribution >= 4 is 52.4 Å². The van der Waals surface area contributed by atoms with Crippen LogP contribution in [0.3, 0.4) is 0 Å². The Morgan fingerprint density at radius 1 is 0.979 bits per heavy atom. The molecular weight excluding hydrogens is 636 g/mol. The summed E-state index contributed by atoms with van der Waals surface area (Å²) in [5.41, 5.74) is 5.15. The second-order valence-corrected chi connectivity index (χ2v) is 15.8. The monoisotopic (exact) mass is 686 g/mol. The molecule has 0 saturated heterocycles. The number of aryl methyl sites for hydroxylation is 1. The molecule has 3 aromatic carbocycles. The van der Waals surface area contributed by atoms with Gasteiger partial charge in [0.2, 0.25) is 0 Å². The first-order valence-electron chi connectivity index (χ1n) is 17.0. The van der Waals surface area contributed by atoms with E-state index in [0.717, 1.165) is 64.7 Å². The number of carboxylic acid groups (broad SMARTS) is 1. The Hall–Kier alpha value is -3.16. The molecule has 0 spiro atoms. The van der Waals surface area contributed by atoms with Crippen LogP contribution in [0.25, 0.3) is 23.1 Å². The summed E-state index contributed by atoms with van der Waals surface area (Å²) in [5.74, 6) is 0.122. The van der Waals surface area contributed by atoms with Crippen molar-refractivity contribution in [2.24, 2.45) is 5.41 Å². The van der Waals surface area contributed by atoms with E-state index in [4.69, 9.17) is 16.6 Å². The third-order valence-corrected chi connectivity index (χ3v) is 10.4. The Balaban J connectivity index is 0.000000671. The van der Waals surface area contributed by atoms with E-state index in [1.54, 1.807) is 0 Å². The molecule has 1 aliphatic carbocycles. The third kappa shape index (κ3) is 11.8. The van der Waals surface area contributed by atoms with E-state index in [2.05, 4.69) is 75.5 Å². The van der Waals surface area contributed by atoms with Gasteiger partial charge in [0.05, 0.1) is 23.2 Å². The number of nitrogens with zero attached hydrogens (tertiary/aromatic N) is 1. The number of hydrogen-bond acceptors (Lipinski definition) is 5. The van der Waals surface area contributed by atoms with Crippen molar-refractivity contribution in [3.63, 3.8) is 0 Å². The van der Waals surface area contributed by atoms with Crippen molar-refractivity contribution in [3.8, 4) is 0 Å². The molecule has 0 amide bonds. The lowest BCUT2D eigenvalue weighted by Crippen LogP contribution is -2.29. The standard InChI is InChI=1S/C35H36ClNO3S.C6H15N/c1-34(2,40)30-9-4-3-7-25(30)13-17-32(41-23-35(18-19-35)22-33(38)39)27-8-5-6-24(20-27)10-15-29-16-12-26-11-14-28(36)21-31(26)37-29;1-5(2)7-6(3)4/h3-12,14-16,20-21,32,40H,13,17-19,22-23H2,1-2H3,(H,38,39);5-7H,1-4H3/b15-10+;/t32-;/m1./s1. The van der Waals surface area contributed by atoms with Crippen LogP contribution in [-0.4, -0.2) is 39.0 Å². The van der Waals surface area contributed by atoms with Crippen LogP contribution in [0.1, 0.15) is 100 Å². The Morgan fingerprint density at radius 2 is 1.69 bits per heavy atom. The molecule has 5 rings (SSSR count). The van der Waals surface area contributed by atoms with Crippen molar-refractivity contribution in [1.82, 2.24) is 10.3 Å². The van der Waals surface area contributed by atoms with Crippen LogP contribution in [0, 0.1) is 5.41 Å². The molecule has 256 valence electrons. The summed E-state index contributed by atoms with van der Waals surface area (Å²) >= 11 is 8.04. The van der Waals surface area contributed by atoms with Crippen LogP contribution in [0.2, 0.25) is 5.02 Å². The largest absolute Gasteiger partial charge is 0.481 e. The van der Waals surface area contributed by atoms with Gasteiger partial charge in [0.25, 0.3) is 0 Å². The second kappa shape index (κ2) is 17.0. The van der Waals surface area contributed by atoms with Crippen molar-refractivity contribution in [3.05, 3.63) is 112 Å². The normalized spacial score (nSPS) is 14.7. The van der Waals surface area contributed by atoms with E-state index in [1.165, 1.54) is 5.56 Å². The molecule has 7 heteroatoms. The van der Waals surface area contributed by atoms with Gasteiger partial charge in [0.1, 0.15) is 0 Å². The zero-order valence-corrected chi connectivity index (χ0v) is 30.7. The summed E-state index contributed by atoms with van der Waals surface area (Å²) in [5, 5.41) is 25.4. The minimum atomic E-state index is -0.911. The first kappa shape index (κ1) is 37.7. The molecule has 1 aliphatic rings. The van der Waals surface area contributed by atoms with Crippen LogP contribution in [0.5, 0.6) is 0 Å². The Kier molecular flexibility index (Phi) is 13.3. The molecule has 1 fully saturated rings. The maximum absolute atomic E-state index is 11.5. The SMILES string of the molecule is CC(C)(O)c1ccccc1CC[C@@H](SCC1(CC(=O)O)CC1)c1cccc(/C=C/c2ccc3ccc(Cl)cc3n2)c1.CC(C)NC(C)C. The Bertz CT molecular complexity index is 1680. The minimum absolute atomic E-state index is 0.0814. The van der Waals surface area contributed by atoms with Crippen LogP contribution in [-0.2, 0) is 16.8 Å². The number of aliphatic carboxylic acids is 1. The van der Waals surface area contributed by atoms with E-state index >= 15 is 0 Å². The smallest absolute Gasteiger partial charge is 0.303 e. The predicted octanol–water partition coefficient (Wildman–Crippen LogP) is 10.3. The lowest BCUT2D eigenvalue weighted by atomic mass is 9.90. The number of carbonyl (C=O) groups is 1. The summed E-state index contributed by atoms with van der Waals surface area (Å²) < 4.78 is 0. The number of halogens is 1. The molecule has 1 atom stereocenters. The number of rotatable bonds is 14. The number of aliphatic hydroxyl groups is 1. The molecule has 0 aliphatic heterocycles. The molecule has 0 unspecified atom stereocenters. The zero-order valence-electron chi connectivity index (χ0n) is 29.2.